The molecular weight excluding hydrogens is 468 g/mol. The number of nitrogens with two attached hydrogens (primary N) is 3. The Morgan fingerprint density at radius 1 is 0.919 bits per heavy atom. The molecule has 3 aromatic rings. The summed E-state index contributed by atoms with van der Waals surface area (Å²) >= 11 is 0. The largest absolute Gasteiger partial charge is 0.345 e. The van der Waals surface area contributed by atoms with E-state index < -0.39 is 18.0 Å². The van der Waals surface area contributed by atoms with Crippen molar-refractivity contribution in [2.75, 3.05) is 26.2 Å². The van der Waals surface area contributed by atoms with Crippen LogP contribution >= 0.6 is 0 Å². The van der Waals surface area contributed by atoms with Gasteiger partial charge in [-0.05, 0) is 35.4 Å². The number of Topliss-reactive ketones (excluding diaryl/α,β-unsaturated/α-hetero) is 1. The van der Waals surface area contributed by atoms with Gasteiger partial charge in [-0.2, -0.15) is 0 Å². The molecular formula is C28H36N6O3. The van der Waals surface area contributed by atoms with Crippen LogP contribution in [-0.4, -0.2) is 65.7 Å². The first-order valence-electron chi connectivity index (χ1n) is 12.5. The lowest BCUT2D eigenvalue weighted by Gasteiger charge is -2.24. The van der Waals surface area contributed by atoms with Crippen molar-refractivity contribution in [1.82, 2.24) is 15.2 Å². The second kappa shape index (κ2) is 14.2. The van der Waals surface area contributed by atoms with Crippen LogP contribution in [0, 0.1) is 0 Å². The quantitative estimate of drug-likeness (QED) is 0.254. The van der Waals surface area contributed by atoms with Gasteiger partial charge < -0.3 is 27.4 Å². The van der Waals surface area contributed by atoms with E-state index in [0.717, 1.165) is 21.9 Å². The van der Waals surface area contributed by atoms with Gasteiger partial charge in [0.1, 0.15) is 0 Å². The number of ketones is 1. The molecule has 2 amide bonds. The highest BCUT2D eigenvalue weighted by molar-refractivity contribution is 5.94. The summed E-state index contributed by atoms with van der Waals surface area (Å²) in [5.74, 6) is -0.953. The summed E-state index contributed by atoms with van der Waals surface area (Å²) in [6.07, 6.45) is 4.47. The van der Waals surface area contributed by atoms with Gasteiger partial charge in [0.2, 0.25) is 11.8 Å². The lowest BCUT2D eigenvalue weighted by molar-refractivity contribution is -0.134. The van der Waals surface area contributed by atoms with Gasteiger partial charge in [0, 0.05) is 50.4 Å². The minimum atomic E-state index is -1.09. The van der Waals surface area contributed by atoms with E-state index in [4.69, 9.17) is 17.2 Å². The monoisotopic (exact) mass is 504 g/mol. The highest BCUT2D eigenvalue weighted by atomic mass is 16.2. The molecule has 0 spiro atoms. The number of carbonyl (C=O) groups excluding carboxylic acids is 3. The molecule has 0 aliphatic rings. The molecule has 0 bridgehead atoms. The van der Waals surface area contributed by atoms with E-state index in [-0.39, 0.29) is 37.6 Å². The summed E-state index contributed by atoms with van der Waals surface area (Å²) in [6.45, 7) is 1.25. The molecule has 9 nitrogen and oxygen atoms in total. The van der Waals surface area contributed by atoms with Crippen LogP contribution < -0.4 is 22.5 Å². The minimum absolute atomic E-state index is 0.121. The van der Waals surface area contributed by atoms with Gasteiger partial charge >= 0.3 is 0 Å². The van der Waals surface area contributed by atoms with Gasteiger partial charge in [-0.15, -0.1) is 0 Å². The van der Waals surface area contributed by atoms with Crippen LogP contribution in [0.1, 0.15) is 24.0 Å². The van der Waals surface area contributed by atoms with E-state index in [1.807, 2.05) is 54.6 Å². The third kappa shape index (κ3) is 8.45. The average molecular weight is 505 g/mol. The molecule has 0 radical (unpaired) electrons. The van der Waals surface area contributed by atoms with E-state index in [1.54, 1.807) is 12.4 Å². The van der Waals surface area contributed by atoms with Crippen molar-refractivity contribution < 1.29 is 14.4 Å². The van der Waals surface area contributed by atoms with E-state index >= 15 is 0 Å². The molecule has 3 rings (SSSR count). The molecule has 7 N–H and O–H groups in total. The van der Waals surface area contributed by atoms with Crippen molar-refractivity contribution in [3.8, 4) is 0 Å². The number of carbonyl (C=O) groups is 3. The van der Waals surface area contributed by atoms with Crippen molar-refractivity contribution in [3.05, 3.63) is 78.1 Å². The second-order valence-electron chi connectivity index (χ2n) is 9.05. The number of hydrogen-bond donors (Lipinski definition) is 4. The van der Waals surface area contributed by atoms with Crippen molar-refractivity contribution in [3.63, 3.8) is 0 Å². The standard InChI is InChI=1S/C28H36N6O3/c29-11-14-34(15-12-30)27(36)18-24(31)28(37)33-25(9-7-20-4-2-1-3-5-20)26(35)17-21-6-8-23-19-32-13-10-22(23)16-21/h1-6,8,10,13,16,19,24-25H,7,9,11-12,14-15,17-18,29-31H2,(H,33,37)/t24-,25-/m0/s1. The van der Waals surface area contributed by atoms with Crippen LogP contribution in [0.15, 0.2) is 67.0 Å². The first-order valence-corrected chi connectivity index (χ1v) is 12.5. The Morgan fingerprint density at radius 3 is 2.35 bits per heavy atom. The molecule has 9 heteroatoms. The number of nitrogens with zero attached hydrogens (tertiary/aromatic N) is 2. The molecule has 37 heavy (non-hydrogen) atoms. The Labute approximate surface area is 217 Å². The molecule has 2 aromatic carbocycles. The van der Waals surface area contributed by atoms with Crippen molar-refractivity contribution in [2.45, 2.75) is 37.8 Å². The highest BCUT2D eigenvalue weighted by Gasteiger charge is 2.26. The first kappa shape index (κ1) is 27.9. The molecule has 2 atom stereocenters. The summed E-state index contributed by atoms with van der Waals surface area (Å²) in [7, 11) is 0. The molecule has 1 aromatic heterocycles. The van der Waals surface area contributed by atoms with Crippen LogP contribution in [0.4, 0.5) is 0 Å². The molecule has 0 aliphatic heterocycles. The summed E-state index contributed by atoms with van der Waals surface area (Å²) < 4.78 is 0. The normalized spacial score (nSPS) is 12.6. The maximum absolute atomic E-state index is 13.4. The number of fused-ring (bicyclic) bond motifs is 1. The number of pyridine rings is 1. The van der Waals surface area contributed by atoms with Crippen molar-refractivity contribution >= 4 is 28.4 Å². The predicted octanol–water partition coefficient (Wildman–Crippen LogP) is 0.927. The zero-order valence-electron chi connectivity index (χ0n) is 21.0. The molecule has 0 aliphatic carbocycles. The zero-order valence-corrected chi connectivity index (χ0v) is 21.0. The fourth-order valence-electron chi connectivity index (χ4n) is 4.20. The SMILES string of the molecule is NCCN(CCN)C(=O)C[C@H](N)C(=O)N[C@@H](CCc1ccccc1)C(=O)Cc1ccc2cnccc2c1. The Bertz CT molecular complexity index is 1180. The molecule has 0 saturated carbocycles. The van der Waals surface area contributed by atoms with E-state index in [0.29, 0.717) is 25.9 Å². The average Bonchev–Trinajstić information content (AvgIpc) is 2.91. The van der Waals surface area contributed by atoms with E-state index in [9.17, 15) is 14.4 Å². The molecule has 0 fully saturated rings. The number of aromatic nitrogens is 1. The Hall–Kier alpha value is -3.66. The van der Waals surface area contributed by atoms with Crippen molar-refractivity contribution in [1.29, 1.82) is 0 Å². The van der Waals surface area contributed by atoms with Crippen LogP contribution in [-0.2, 0) is 27.2 Å². The molecule has 196 valence electrons. The van der Waals surface area contributed by atoms with Gasteiger partial charge in [0.05, 0.1) is 18.5 Å². The lowest BCUT2D eigenvalue weighted by Crippen LogP contribution is -2.51. The Morgan fingerprint density at radius 2 is 1.65 bits per heavy atom. The second-order valence-corrected chi connectivity index (χ2v) is 9.05. The minimum Gasteiger partial charge on any atom is -0.345 e. The Kier molecular flexibility index (Phi) is 10.7. The third-order valence-corrected chi connectivity index (χ3v) is 6.24. The fourth-order valence-corrected chi connectivity index (χ4v) is 4.20. The number of amides is 2. The third-order valence-electron chi connectivity index (χ3n) is 6.24. The predicted molar refractivity (Wildman–Crippen MR) is 144 cm³/mol. The topological polar surface area (TPSA) is 157 Å². The lowest BCUT2D eigenvalue weighted by atomic mass is 9.96. The van der Waals surface area contributed by atoms with Crippen LogP contribution in [0.2, 0.25) is 0 Å². The number of nitrogens with one attached hydrogen (secondary N) is 1. The number of rotatable bonds is 14. The van der Waals surface area contributed by atoms with Gasteiger partial charge in [0.25, 0.3) is 0 Å². The summed E-state index contributed by atoms with van der Waals surface area (Å²) in [6, 6.07) is 15.6. The van der Waals surface area contributed by atoms with Gasteiger partial charge in [-0.25, -0.2) is 0 Å². The summed E-state index contributed by atoms with van der Waals surface area (Å²) in [5.41, 5.74) is 19.1. The number of aryl methyl sites for hydroxylation is 1. The van der Waals surface area contributed by atoms with Gasteiger partial charge in [-0.3, -0.25) is 19.4 Å². The zero-order chi connectivity index (χ0) is 26.6. The molecule has 0 unspecified atom stereocenters. The number of benzene rings is 2. The van der Waals surface area contributed by atoms with Crippen molar-refractivity contribution in [2.24, 2.45) is 17.2 Å². The van der Waals surface area contributed by atoms with Crippen LogP contribution in [0.25, 0.3) is 10.8 Å². The smallest absolute Gasteiger partial charge is 0.238 e. The van der Waals surface area contributed by atoms with E-state index in [1.165, 1.54) is 4.90 Å². The molecule has 0 saturated heterocycles. The van der Waals surface area contributed by atoms with Crippen LogP contribution in [0.3, 0.4) is 0 Å². The summed E-state index contributed by atoms with van der Waals surface area (Å²) in [5, 5.41) is 4.79. The first-order chi connectivity index (χ1) is 17.9. The molecule has 1 heterocycles. The maximum atomic E-state index is 13.4. The maximum Gasteiger partial charge on any atom is 0.238 e. The van der Waals surface area contributed by atoms with Gasteiger partial charge in [0.15, 0.2) is 5.78 Å². The highest BCUT2D eigenvalue weighted by Crippen LogP contribution is 2.16. The summed E-state index contributed by atoms with van der Waals surface area (Å²) in [4.78, 5) is 44.5. The van der Waals surface area contributed by atoms with Crippen LogP contribution in [0.5, 0.6) is 0 Å². The fraction of sp³-hybridized carbons (Fsp3) is 0.357. The van der Waals surface area contributed by atoms with Gasteiger partial charge in [-0.1, -0.05) is 48.5 Å². The Balaban J connectivity index is 1.69. The number of hydrogen-bond acceptors (Lipinski definition) is 7. The van der Waals surface area contributed by atoms with E-state index in [2.05, 4.69) is 10.3 Å².